The SMILES string of the molecule is CCCn1ncnc1CNC(=O)Nc1nc2nc(C)cc(C)n2n1. The highest BCUT2D eigenvalue weighted by molar-refractivity contribution is 5.87. The molecule has 10 nitrogen and oxygen atoms in total. The van der Waals surface area contributed by atoms with Gasteiger partial charge in [0.1, 0.15) is 12.2 Å². The Labute approximate surface area is 138 Å². The number of nitrogens with one attached hydrogen (secondary N) is 2. The summed E-state index contributed by atoms with van der Waals surface area (Å²) in [4.78, 5) is 24.6. The highest BCUT2D eigenvalue weighted by atomic mass is 16.2. The van der Waals surface area contributed by atoms with Crippen LogP contribution < -0.4 is 10.6 Å². The third-order valence-electron chi connectivity index (χ3n) is 3.38. The number of carbonyl (C=O) groups is 1. The van der Waals surface area contributed by atoms with E-state index in [2.05, 4.69) is 42.7 Å². The summed E-state index contributed by atoms with van der Waals surface area (Å²) in [6.07, 6.45) is 2.42. The van der Waals surface area contributed by atoms with E-state index in [0.29, 0.717) is 11.6 Å². The summed E-state index contributed by atoms with van der Waals surface area (Å²) < 4.78 is 3.35. The molecule has 0 saturated carbocycles. The molecule has 0 bridgehead atoms. The normalized spacial score (nSPS) is 11.0. The van der Waals surface area contributed by atoms with Crippen molar-refractivity contribution in [2.45, 2.75) is 40.3 Å². The first-order valence-corrected chi connectivity index (χ1v) is 7.69. The van der Waals surface area contributed by atoms with E-state index in [1.54, 1.807) is 9.20 Å². The van der Waals surface area contributed by atoms with Gasteiger partial charge in [0.2, 0.25) is 0 Å². The highest BCUT2D eigenvalue weighted by Crippen LogP contribution is 2.07. The van der Waals surface area contributed by atoms with E-state index in [1.807, 2.05) is 19.9 Å². The second-order valence-electron chi connectivity index (χ2n) is 5.39. The fraction of sp³-hybridized carbons (Fsp3) is 0.429. The molecule has 0 radical (unpaired) electrons. The number of nitrogens with zero attached hydrogens (tertiary/aromatic N) is 7. The standard InChI is InChI=1S/C14H19N9O/c1-4-5-22-11(16-8-17-22)7-15-14(24)20-12-19-13-18-9(2)6-10(3)23(13)21-12/h6,8H,4-5,7H2,1-3H3,(H2,15,20,21,24). The Hall–Kier alpha value is -3.04. The molecule has 0 aliphatic heterocycles. The molecule has 0 aliphatic rings. The maximum absolute atomic E-state index is 12.0. The summed E-state index contributed by atoms with van der Waals surface area (Å²) in [5, 5.41) is 13.7. The van der Waals surface area contributed by atoms with Crippen molar-refractivity contribution >= 4 is 17.8 Å². The average Bonchev–Trinajstić information content (AvgIpc) is 3.12. The molecule has 0 saturated heterocycles. The van der Waals surface area contributed by atoms with Crippen LogP contribution in [0, 0.1) is 13.8 Å². The highest BCUT2D eigenvalue weighted by Gasteiger charge is 2.11. The van der Waals surface area contributed by atoms with Crippen LogP contribution in [-0.2, 0) is 13.1 Å². The molecule has 0 aliphatic carbocycles. The number of carbonyl (C=O) groups excluding carboxylic acids is 1. The molecule has 0 fully saturated rings. The zero-order valence-electron chi connectivity index (χ0n) is 13.8. The van der Waals surface area contributed by atoms with Crippen molar-refractivity contribution in [3.8, 4) is 0 Å². The van der Waals surface area contributed by atoms with Gasteiger partial charge in [0.15, 0.2) is 0 Å². The van der Waals surface area contributed by atoms with Crippen LogP contribution in [0.3, 0.4) is 0 Å². The van der Waals surface area contributed by atoms with E-state index in [9.17, 15) is 4.79 Å². The summed E-state index contributed by atoms with van der Waals surface area (Å²) in [6.45, 7) is 6.87. The van der Waals surface area contributed by atoms with E-state index >= 15 is 0 Å². The van der Waals surface area contributed by atoms with Crippen LogP contribution in [0.2, 0.25) is 0 Å². The Morgan fingerprint density at radius 2 is 2.12 bits per heavy atom. The number of hydrogen-bond donors (Lipinski definition) is 2. The van der Waals surface area contributed by atoms with Crippen molar-refractivity contribution in [2.24, 2.45) is 0 Å². The Bertz CT molecular complexity index is 866. The fourth-order valence-corrected chi connectivity index (χ4v) is 2.35. The largest absolute Gasteiger partial charge is 0.331 e. The van der Waals surface area contributed by atoms with Crippen LogP contribution in [0.15, 0.2) is 12.4 Å². The van der Waals surface area contributed by atoms with Crippen LogP contribution in [0.4, 0.5) is 10.7 Å². The number of aryl methyl sites for hydroxylation is 3. The molecule has 24 heavy (non-hydrogen) atoms. The third kappa shape index (κ3) is 3.31. The van der Waals surface area contributed by atoms with Crippen LogP contribution in [-0.4, -0.2) is 40.4 Å². The summed E-state index contributed by atoms with van der Waals surface area (Å²) in [7, 11) is 0. The molecular formula is C14H19N9O. The van der Waals surface area contributed by atoms with E-state index < -0.39 is 6.03 Å². The lowest BCUT2D eigenvalue weighted by Crippen LogP contribution is -2.30. The van der Waals surface area contributed by atoms with Crippen molar-refractivity contribution in [1.82, 2.24) is 39.7 Å². The van der Waals surface area contributed by atoms with Crippen LogP contribution in [0.5, 0.6) is 0 Å². The van der Waals surface area contributed by atoms with Gasteiger partial charge >= 0.3 is 6.03 Å². The molecule has 2 N–H and O–H groups in total. The number of fused-ring (bicyclic) bond motifs is 1. The minimum absolute atomic E-state index is 0.198. The first-order valence-electron chi connectivity index (χ1n) is 7.69. The molecule has 2 amide bonds. The smallest absolute Gasteiger partial charge is 0.322 e. The Morgan fingerprint density at radius 3 is 2.92 bits per heavy atom. The first kappa shape index (κ1) is 15.8. The van der Waals surface area contributed by atoms with Gasteiger partial charge in [-0.3, -0.25) is 5.32 Å². The number of rotatable bonds is 5. The number of aromatic nitrogens is 7. The molecule has 3 aromatic rings. The van der Waals surface area contributed by atoms with Crippen LogP contribution >= 0.6 is 0 Å². The lowest BCUT2D eigenvalue weighted by molar-refractivity contribution is 0.251. The van der Waals surface area contributed by atoms with Crippen molar-refractivity contribution in [3.05, 3.63) is 29.6 Å². The van der Waals surface area contributed by atoms with Gasteiger partial charge < -0.3 is 5.32 Å². The molecule has 3 heterocycles. The second-order valence-corrected chi connectivity index (χ2v) is 5.39. The molecule has 0 spiro atoms. The summed E-state index contributed by atoms with van der Waals surface area (Å²) in [5.74, 6) is 1.34. The molecule has 3 rings (SSSR count). The monoisotopic (exact) mass is 329 g/mol. The number of urea groups is 1. The maximum Gasteiger partial charge on any atom is 0.322 e. The van der Waals surface area contributed by atoms with Crippen molar-refractivity contribution in [3.63, 3.8) is 0 Å². The Morgan fingerprint density at radius 1 is 1.29 bits per heavy atom. The van der Waals surface area contributed by atoms with E-state index in [4.69, 9.17) is 0 Å². The average molecular weight is 329 g/mol. The predicted molar refractivity (Wildman–Crippen MR) is 86.4 cm³/mol. The Kier molecular flexibility index (Phi) is 4.36. The summed E-state index contributed by atoms with van der Waals surface area (Å²) in [6, 6.07) is 1.48. The van der Waals surface area contributed by atoms with Crippen LogP contribution in [0.1, 0.15) is 30.6 Å². The molecule has 10 heteroatoms. The molecule has 0 atom stereocenters. The van der Waals surface area contributed by atoms with Gasteiger partial charge in [-0.25, -0.2) is 19.4 Å². The van der Waals surface area contributed by atoms with Gasteiger partial charge in [-0.1, -0.05) is 6.92 Å². The first-order chi connectivity index (χ1) is 11.6. The summed E-state index contributed by atoms with van der Waals surface area (Å²) >= 11 is 0. The molecule has 126 valence electrons. The quantitative estimate of drug-likeness (QED) is 0.723. The van der Waals surface area contributed by atoms with Crippen LogP contribution in [0.25, 0.3) is 5.78 Å². The number of hydrogen-bond acceptors (Lipinski definition) is 6. The molecule has 3 aromatic heterocycles. The van der Waals surface area contributed by atoms with E-state index in [-0.39, 0.29) is 12.5 Å². The van der Waals surface area contributed by atoms with Gasteiger partial charge in [-0.2, -0.15) is 14.6 Å². The van der Waals surface area contributed by atoms with Crippen molar-refractivity contribution in [2.75, 3.05) is 5.32 Å². The summed E-state index contributed by atoms with van der Waals surface area (Å²) in [5.41, 5.74) is 1.74. The fourth-order valence-electron chi connectivity index (χ4n) is 2.35. The second kappa shape index (κ2) is 6.60. The van der Waals surface area contributed by atoms with E-state index in [0.717, 1.165) is 24.4 Å². The van der Waals surface area contributed by atoms with Crippen molar-refractivity contribution < 1.29 is 4.79 Å². The third-order valence-corrected chi connectivity index (χ3v) is 3.38. The van der Waals surface area contributed by atoms with Gasteiger partial charge in [0, 0.05) is 17.9 Å². The maximum atomic E-state index is 12.0. The van der Waals surface area contributed by atoms with E-state index in [1.165, 1.54) is 6.33 Å². The Balaban J connectivity index is 1.64. The van der Waals surface area contributed by atoms with Gasteiger partial charge in [-0.05, 0) is 26.3 Å². The molecule has 0 unspecified atom stereocenters. The predicted octanol–water partition coefficient (Wildman–Crippen LogP) is 1.06. The van der Waals surface area contributed by atoms with Crippen molar-refractivity contribution in [1.29, 1.82) is 0 Å². The van der Waals surface area contributed by atoms with Gasteiger partial charge in [-0.15, -0.1) is 5.10 Å². The minimum atomic E-state index is -0.411. The van der Waals surface area contributed by atoms with Gasteiger partial charge in [0.25, 0.3) is 11.7 Å². The molecular weight excluding hydrogens is 310 g/mol. The topological polar surface area (TPSA) is 115 Å². The lowest BCUT2D eigenvalue weighted by Gasteiger charge is -2.06. The van der Waals surface area contributed by atoms with Gasteiger partial charge in [0.05, 0.1) is 6.54 Å². The zero-order valence-corrected chi connectivity index (χ0v) is 13.8. The number of amides is 2. The lowest BCUT2D eigenvalue weighted by atomic mass is 10.4. The molecule has 0 aromatic carbocycles. The number of anilines is 1. The zero-order chi connectivity index (χ0) is 17.1. The minimum Gasteiger partial charge on any atom is -0.331 e.